The van der Waals surface area contributed by atoms with Crippen molar-refractivity contribution in [2.24, 2.45) is 0 Å². The molecule has 0 bridgehead atoms. The van der Waals surface area contributed by atoms with E-state index in [2.05, 4.69) is 10.9 Å². The summed E-state index contributed by atoms with van der Waals surface area (Å²) in [5.41, 5.74) is 5.68. The minimum absolute atomic E-state index is 0.219. The molecule has 0 saturated heterocycles. The SMILES string of the molecule is [C-]#[N+]c1cc(C(F)(F)F)ccc1-c1ccc(-n2c3ccccc3c3cc(-c4cc(C)cc(C(F)(F)F)c4)ccc32)c(-c2cc(C#N)ccc2-n2c3ccccc3c3cc(-c4cc(C)cc(C(F)(F)F)c4)ccc32)c1. The van der Waals surface area contributed by atoms with Gasteiger partial charge < -0.3 is 9.13 Å². The van der Waals surface area contributed by atoms with Crippen LogP contribution in [0.15, 0.2) is 176 Å². The second kappa shape index (κ2) is 17.3. The van der Waals surface area contributed by atoms with Crippen LogP contribution in [0.4, 0.5) is 45.2 Å². The summed E-state index contributed by atoms with van der Waals surface area (Å²) in [6.45, 7) is 11.2. The van der Waals surface area contributed by atoms with Crippen molar-refractivity contribution in [3.8, 4) is 62.0 Å². The second-order valence-corrected chi connectivity index (χ2v) is 18.3. The van der Waals surface area contributed by atoms with Crippen LogP contribution in [0.1, 0.15) is 33.4 Å². The molecular weight excluding hydrogens is 960 g/mol. The molecule has 0 fully saturated rings. The summed E-state index contributed by atoms with van der Waals surface area (Å²) in [4.78, 5) is 3.52. The van der Waals surface area contributed by atoms with Gasteiger partial charge in [-0.2, -0.15) is 44.8 Å². The van der Waals surface area contributed by atoms with E-state index in [0.29, 0.717) is 83.4 Å². The zero-order chi connectivity index (χ0) is 52.0. The third-order valence-corrected chi connectivity index (χ3v) is 13.5. The Morgan fingerprint density at radius 1 is 0.405 bits per heavy atom. The molecule has 0 unspecified atom stereocenters. The lowest BCUT2D eigenvalue weighted by Gasteiger charge is -2.20. The number of nitrogens with zero attached hydrogens (tertiary/aromatic N) is 4. The maximum absolute atomic E-state index is 14.1. The van der Waals surface area contributed by atoms with Crippen LogP contribution < -0.4 is 0 Å². The van der Waals surface area contributed by atoms with E-state index in [1.54, 1.807) is 74.5 Å². The molecule has 0 radical (unpaired) electrons. The number of aromatic nitrogens is 2. The van der Waals surface area contributed by atoms with Crippen molar-refractivity contribution in [3.63, 3.8) is 0 Å². The predicted molar refractivity (Wildman–Crippen MR) is 272 cm³/mol. The fraction of sp³-hybridized carbons (Fsp3) is 0.0820. The molecule has 11 aromatic rings. The van der Waals surface area contributed by atoms with Crippen LogP contribution in [0, 0.1) is 31.8 Å². The maximum Gasteiger partial charge on any atom is 0.416 e. The Kier molecular flexibility index (Phi) is 11.1. The zero-order valence-electron chi connectivity index (χ0n) is 38.9. The molecule has 74 heavy (non-hydrogen) atoms. The molecule has 0 amide bonds. The lowest BCUT2D eigenvalue weighted by atomic mass is 9.93. The van der Waals surface area contributed by atoms with Gasteiger partial charge in [0.1, 0.15) is 0 Å². The largest absolute Gasteiger partial charge is 0.416 e. The predicted octanol–water partition coefficient (Wildman–Crippen LogP) is 18.6. The van der Waals surface area contributed by atoms with Gasteiger partial charge >= 0.3 is 18.5 Å². The van der Waals surface area contributed by atoms with Crippen LogP contribution in [-0.2, 0) is 18.5 Å². The average molecular weight is 995 g/mol. The highest BCUT2D eigenvalue weighted by Gasteiger charge is 2.33. The van der Waals surface area contributed by atoms with Crippen LogP contribution in [0.25, 0.3) is 104 Å². The number of nitriles is 1. The van der Waals surface area contributed by atoms with E-state index in [9.17, 15) is 44.8 Å². The van der Waals surface area contributed by atoms with Crippen LogP contribution in [-0.4, -0.2) is 9.13 Å². The fourth-order valence-electron chi connectivity index (χ4n) is 10.2. The minimum Gasteiger partial charge on any atom is -0.309 e. The Morgan fingerprint density at radius 3 is 1.35 bits per heavy atom. The lowest BCUT2D eigenvalue weighted by Crippen LogP contribution is -2.05. The van der Waals surface area contributed by atoms with Gasteiger partial charge in [-0.25, -0.2) is 4.85 Å². The van der Waals surface area contributed by atoms with Crippen LogP contribution in [0.3, 0.4) is 0 Å². The first-order valence-corrected chi connectivity index (χ1v) is 23.0. The quantitative estimate of drug-likeness (QED) is 0.121. The highest BCUT2D eigenvalue weighted by atomic mass is 19.4. The molecule has 0 aliphatic rings. The van der Waals surface area contributed by atoms with Gasteiger partial charge in [-0.1, -0.05) is 78.9 Å². The number of benzene rings is 9. The normalized spacial score (nSPS) is 12.2. The highest BCUT2D eigenvalue weighted by molar-refractivity contribution is 6.13. The van der Waals surface area contributed by atoms with Gasteiger partial charge in [0, 0.05) is 38.2 Å². The molecular formula is C61H35F9N4. The molecule has 9 aromatic carbocycles. The Hall–Kier alpha value is -9.07. The first-order valence-electron chi connectivity index (χ1n) is 23.0. The molecule has 362 valence electrons. The number of rotatable bonds is 6. The van der Waals surface area contributed by atoms with Crippen molar-refractivity contribution < 1.29 is 39.5 Å². The van der Waals surface area contributed by atoms with Crippen LogP contribution >= 0.6 is 0 Å². The number of aryl methyl sites for hydroxylation is 2. The van der Waals surface area contributed by atoms with Gasteiger partial charge in [-0.15, -0.1) is 0 Å². The Labute approximate surface area is 416 Å². The highest BCUT2D eigenvalue weighted by Crippen LogP contribution is 2.46. The fourth-order valence-corrected chi connectivity index (χ4v) is 10.2. The van der Waals surface area contributed by atoms with E-state index in [4.69, 9.17) is 6.57 Å². The molecule has 11 rings (SSSR count). The van der Waals surface area contributed by atoms with Crippen LogP contribution in [0.5, 0.6) is 0 Å². The molecule has 2 heterocycles. The summed E-state index contributed by atoms with van der Waals surface area (Å²) in [5.74, 6) is 0. The van der Waals surface area contributed by atoms with E-state index in [-0.39, 0.29) is 16.8 Å². The molecule has 0 aliphatic heterocycles. The average Bonchev–Trinajstić information content (AvgIpc) is 3.89. The molecule has 0 saturated carbocycles. The van der Waals surface area contributed by atoms with Gasteiger partial charge in [0.2, 0.25) is 0 Å². The summed E-state index contributed by atoms with van der Waals surface area (Å²) in [7, 11) is 0. The van der Waals surface area contributed by atoms with Crippen molar-refractivity contribution in [2.45, 2.75) is 32.4 Å². The number of para-hydroxylation sites is 2. The molecule has 4 nitrogen and oxygen atoms in total. The standard InChI is InChI=1S/C61H35F9N4/c1-34-22-40(27-43(24-34)60(65,66)67)37-13-19-56-49(29-37)46-8-4-6-10-53(46)73(56)55-18-12-36(33-71)26-48(55)51-31-39(45-17-16-42(59(62,63)64)32-52(45)72-3)15-21-58(51)74-54-11-7-5-9-47(54)50-30-38(14-20-57(50)74)41-23-35(2)25-44(28-41)61(68,69)70/h4-32H,1-2H3. The Balaban J connectivity index is 1.20. The zero-order valence-corrected chi connectivity index (χ0v) is 38.9. The van der Waals surface area contributed by atoms with E-state index in [1.807, 2.05) is 81.9 Å². The summed E-state index contributed by atoms with van der Waals surface area (Å²) >= 11 is 0. The van der Waals surface area contributed by atoms with Crippen molar-refractivity contribution in [1.29, 1.82) is 5.26 Å². The number of fused-ring (bicyclic) bond motifs is 6. The van der Waals surface area contributed by atoms with Crippen molar-refractivity contribution in [3.05, 3.63) is 221 Å². The smallest absolute Gasteiger partial charge is 0.309 e. The number of alkyl halides is 9. The number of hydrogen-bond acceptors (Lipinski definition) is 1. The Morgan fingerprint density at radius 2 is 0.865 bits per heavy atom. The Bertz CT molecular complexity index is 4210. The van der Waals surface area contributed by atoms with E-state index < -0.39 is 35.2 Å². The third-order valence-electron chi connectivity index (χ3n) is 13.5. The van der Waals surface area contributed by atoms with Crippen molar-refractivity contribution in [1.82, 2.24) is 9.13 Å². The second-order valence-electron chi connectivity index (χ2n) is 18.3. The third kappa shape index (κ3) is 8.17. The van der Waals surface area contributed by atoms with E-state index in [1.165, 1.54) is 6.07 Å². The molecule has 0 aliphatic carbocycles. The number of halogens is 9. The summed E-state index contributed by atoms with van der Waals surface area (Å²) in [5, 5.41) is 13.5. The van der Waals surface area contributed by atoms with Gasteiger partial charge in [0.25, 0.3) is 0 Å². The molecule has 0 spiro atoms. The molecule has 2 aromatic heterocycles. The first kappa shape index (κ1) is 47.3. The lowest BCUT2D eigenvalue weighted by molar-refractivity contribution is -0.138. The summed E-state index contributed by atoms with van der Waals surface area (Å²) in [6.07, 6.45) is -13.9. The monoisotopic (exact) mass is 994 g/mol. The molecule has 0 atom stereocenters. The van der Waals surface area contributed by atoms with Gasteiger partial charge in [-0.05, 0) is 155 Å². The van der Waals surface area contributed by atoms with E-state index in [0.717, 1.165) is 58.1 Å². The molecule has 13 heteroatoms. The van der Waals surface area contributed by atoms with Crippen LogP contribution in [0.2, 0.25) is 0 Å². The van der Waals surface area contributed by atoms with Crippen molar-refractivity contribution >= 4 is 49.3 Å². The van der Waals surface area contributed by atoms with E-state index >= 15 is 0 Å². The topological polar surface area (TPSA) is 38.0 Å². The van der Waals surface area contributed by atoms with Crippen molar-refractivity contribution in [2.75, 3.05) is 0 Å². The first-order chi connectivity index (χ1) is 35.3. The minimum atomic E-state index is -4.72. The maximum atomic E-state index is 14.1. The number of hydrogen-bond donors (Lipinski definition) is 0. The van der Waals surface area contributed by atoms with Gasteiger partial charge in [0.15, 0.2) is 5.69 Å². The summed E-state index contributed by atoms with van der Waals surface area (Å²) < 4.78 is 131. The van der Waals surface area contributed by atoms with Gasteiger partial charge in [0.05, 0.1) is 62.8 Å². The molecule has 0 N–H and O–H groups in total. The van der Waals surface area contributed by atoms with Gasteiger partial charge in [-0.3, -0.25) is 0 Å². The summed E-state index contributed by atoms with van der Waals surface area (Å²) in [6, 6.07) is 49.4.